The van der Waals surface area contributed by atoms with Crippen LogP contribution in [0.3, 0.4) is 0 Å². The average molecular weight is 387 g/mol. The van der Waals surface area contributed by atoms with E-state index in [1.165, 1.54) is 0 Å². The SMILES string of the molecule is Cc1cc2cccc(-c3cccc(C(=O)NC(N)=NOS(C)(=O)=O)c3)c2o1. The monoisotopic (exact) mass is 387 g/mol. The normalized spacial score (nSPS) is 12.1. The number of hydrogen-bond donors (Lipinski definition) is 2. The number of furan rings is 1. The third-order valence-electron chi connectivity index (χ3n) is 3.62. The summed E-state index contributed by atoms with van der Waals surface area (Å²) < 4.78 is 31.7. The number of guanidine groups is 1. The minimum atomic E-state index is -3.81. The first-order valence-corrected chi connectivity index (χ1v) is 9.67. The fraction of sp³-hybridized carbons (Fsp3) is 0.111. The molecule has 0 aliphatic rings. The summed E-state index contributed by atoms with van der Waals surface area (Å²) in [4.78, 5) is 12.3. The van der Waals surface area contributed by atoms with Crippen molar-refractivity contribution < 1.29 is 21.9 Å². The highest BCUT2D eigenvalue weighted by Gasteiger charge is 2.12. The van der Waals surface area contributed by atoms with Gasteiger partial charge in [-0.2, -0.15) is 8.42 Å². The molecule has 27 heavy (non-hydrogen) atoms. The van der Waals surface area contributed by atoms with Crippen molar-refractivity contribution in [2.45, 2.75) is 6.92 Å². The van der Waals surface area contributed by atoms with Gasteiger partial charge in [-0.3, -0.25) is 14.4 Å². The van der Waals surface area contributed by atoms with Crippen LogP contribution in [0.15, 0.2) is 58.1 Å². The maximum absolute atomic E-state index is 12.3. The van der Waals surface area contributed by atoms with Crippen LogP contribution in [0.2, 0.25) is 0 Å². The molecule has 8 nitrogen and oxygen atoms in total. The Morgan fingerprint density at radius 3 is 2.67 bits per heavy atom. The van der Waals surface area contributed by atoms with Crippen molar-refractivity contribution in [1.29, 1.82) is 0 Å². The lowest BCUT2D eigenvalue weighted by atomic mass is 10.0. The van der Waals surface area contributed by atoms with Crippen LogP contribution in [0.4, 0.5) is 0 Å². The second-order valence-electron chi connectivity index (χ2n) is 5.87. The summed E-state index contributed by atoms with van der Waals surface area (Å²) >= 11 is 0. The van der Waals surface area contributed by atoms with Crippen LogP contribution in [0.1, 0.15) is 16.1 Å². The molecule has 0 radical (unpaired) electrons. The van der Waals surface area contributed by atoms with Crippen molar-refractivity contribution >= 4 is 33.0 Å². The third-order valence-corrected chi connectivity index (χ3v) is 3.96. The number of para-hydroxylation sites is 1. The number of carbonyl (C=O) groups is 1. The average Bonchev–Trinajstić information content (AvgIpc) is 2.99. The fourth-order valence-electron chi connectivity index (χ4n) is 2.57. The largest absolute Gasteiger partial charge is 0.461 e. The number of aryl methyl sites for hydroxylation is 1. The van der Waals surface area contributed by atoms with Gasteiger partial charge in [-0.1, -0.05) is 30.3 Å². The van der Waals surface area contributed by atoms with Crippen molar-refractivity contribution in [1.82, 2.24) is 5.32 Å². The zero-order valence-electron chi connectivity index (χ0n) is 14.6. The molecule has 3 rings (SSSR count). The van der Waals surface area contributed by atoms with E-state index in [1.54, 1.807) is 18.2 Å². The first kappa shape index (κ1) is 18.5. The first-order chi connectivity index (χ1) is 12.7. The zero-order chi connectivity index (χ0) is 19.6. The van der Waals surface area contributed by atoms with Crippen LogP contribution in [0.25, 0.3) is 22.1 Å². The molecule has 0 aliphatic carbocycles. The molecular weight excluding hydrogens is 370 g/mol. The van der Waals surface area contributed by atoms with Gasteiger partial charge in [0, 0.05) is 16.5 Å². The van der Waals surface area contributed by atoms with Gasteiger partial charge in [0.2, 0.25) is 5.96 Å². The number of fused-ring (bicyclic) bond motifs is 1. The van der Waals surface area contributed by atoms with Gasteiger partial charge in [0.1, 0.15) is 11.3 Å². The van der Waals surface area contributed by atoms with Crippen LogP contribution in [0.5, 0.6) is 0 Å². The molecule has 1 heterocycles. The van der Waals surface area contributed by atoms with Gasteiger partial charge in [-0.25, -0.2) is 0 Å². The van der Waals surface area contributed by atoms with Crippen LogP contribution < -0.4 is 11.1 Å². The second kappa shape index (κ2) is 7.12. The molecule has 0 saturated heterocycles. The van der Waals surface area contributed by atoms with Crippen molar-refractivity contribution in [3.63, 3.8) is 0 Å². The second-order valence-corrected chi connectivity index (χ2v) is 7.43. The van der Waals surface area contributed by atoms with Crippen LogP contribution in [-0.2, 0) is 14.4 Å². The number of nitrogens with zero attached hydrogens (tertiary/aromatic N) is 1. The van der Waals surface area contributed by atoms with E-state index >= 15 is 0 Å². The van der Waals surface area contributed by atoms with Crippen LogP contribution in [-0.4, -0.2) is 26.5 Å². The Labute approximate surface area is 155 Å². The van der Waals surface area contributed by atoms with E-state index in [4.69, 9.17) is 10.2 Å². The molecule has 3 aromatic rings. The van der Waals surface area contributed by atoms with Gasteiger partial charge in [0.25, 0.3) is 5.91 Å². The summed E-state index contributed by atoms with van der Waals surface area (Å²) in [6, 6.07) is 14.5. The summed E-state index contributed by atoms with van der Waals surface area (Å²) in [6.45, 7) is 1.87. The van der Waals surface area contributed by atoms with Gasteiger partial charge in [-0.15, -0.1) is 0 Å². The fourth-order valence-corrected chi connectivity index (χ4v) is 2.78. The molecule has 1 aromatic heterocycles. The van der Waals surface area contributed by atoms with E-state index in [0.717, 1.165) is 34.1 Å². The number of oxime groups is 1. The maximum atomic E-state index is 12.3. The summed E-state index contributed by atoms with van der Waals surface area (Å²) in [5.41, 5.74) is 8.13. The predicted octanol–water partition coefficient (Wildman–Crippen LogP) is 2.34. The molecule has 1 amide bonds. The molecule has 0 fully saturated rings. The van der Waals surface area contributed by atoms with Gasteiger partial charge in [0.05, 0.1) is 6.26 Å². The van der Waals surface area contributed by atoms with Crippen molar-refractivity contribution in [3.05, 3.63) is 59.9 Å². The van der Waals surface area contributed by atoms with Crippen molar-refractivity contribution in [3.8, 4) is 11.1 Å². The Kier molecular flexibility index (Phi) is 4.87. The molecule has 0 atom stereocenters. The Morgan fingerprint density at radius 1 is 1.19 bits per heavy atom. The van der Waals surface area contributed by atoms with Gasteiger partial charge in [-0.05, 0) is 35.8 Å². The number of benzene rings is 2. The van der Waals surface area contributed by atoms with Crippen molar-refractivity contribution in [2.75, 3.05) is 6.26 Å². The number of nitrogens with one attached hydrogen (secondary N) is 1. The molecule has 0 aliphatic heterocycles. The van der Waals surface area contributed by atoms with E-state index in [1.807, 2.05) is 37.3 Å². The van der Waals surface area contributed by atoms with Crippen LogP contribution >= 0.6 is 0 Å². The highest BCUT2D eigenvalue weighted by molar-refractivity contribution is 7.85. The van der Waals surface area contributed by atoms with E-state index in [9.17, 15) is 13.2 Å². The standard InChI is InChI=1S/C18H17N3O5S/c1-11-9-13-6-4-8-15(16(13)25-11)12-5-3-7-14(10-12)17(22)20-18(19)21-26-27(2,23)24/h3-10H,1-2H3,(H3,19,20,21,22). The van der Waals surface area contributed by atoms with E-state index in [2.05, 4.69) is 14.8 Å². The van der Waals surface area contributed by atoms with Gasteiger partial charge < -0.3 is 10.2 Å². The number of carbonyl (C=O) groups excluding carboxylic acids is 1. The Hall–Kier alpha value is -3.33. The molecule has 3 N–H and O–H groups in total. The van der Waals surface area contributed by atoms with E-state index in [0.29, 0.717) is 5.56 Å². The highest BCUT2D eigenvalue weighted by Crippen LogP contribution is 2.31. The summed E-state index contributed by atoms with van der Waals surface area (Å²) in [6.07, 6.45) is 0.812. The lowest BCUT2D eigenvalue weighted by Crippen LogP contribution is -2.37. The Morgan fingerprint density at radius 2 is 1.93 bits per heavy atom. The maximum Gasteiger partial charge on any atom is 0.325 e. The number of amides is 1. The highest BCUT2D eigenvalue weighted by atomic mass is 32.2. The minimum absolute atomic E-state index is 0.310. The van der Waals surface area contributed by atoms with Crippen LogP contribution in [0, 0.1) is 6.92 Å². The number of rotatable bonds is 4. The topological polar surface area (TPSA) is 124 Å². The summed E-state index contributed by atoms with van der Waals surface area (Å²) in [5, 5.41) is 6.38. The molecule has 9 heteroatoms. The molecular formula is C18H17N3O5S. The Bertz CT molecular complexity index is 1150. The Balaban J connectivity index is 1.88. The molecule has 0 unspecified atom stereocenters. The lowest BCUT2D eigenvalue weighted by Gasteiger charge is -2.07. The zero-order valence-corrected chi connectivity index (χ0v) is 15.4. The van der Waals surface area contributed by atoms with E-state index in [-0.39, 0.29) is 0 Å². The first-order valence-electron chi connectivity index (χ1n) is 7.86. The number of hydrogen-bond acceptors (Lipinski definition) is 6. The molecule has 0 spiro atoms. The minimum Gasteiger partial charge on any atom is -0.461 e. The van der Waals surface area contributed by atoms with Gasteiger partial charge in [0.15, 0.2) is 0 Å². The third kappa shape index (κ3) is 4.45. The van der Waals surface area contributed by atoms with Gasteiger partial charge >= 0.3 is 10.1 Å². The quantitative estimate of drug-likeness (QED) is 0.402. The molecule has 140 valence electrons. The lowest BCUT2D eigenvalue weighted by molar-refractivity contribution is 0.0975. The molecule has 0 saturated carbocycles. The summed E-state index contributed by atoms with van der Waals surface area (Å²) in [5.74, 6) is -0.237. The summed E-state index contributed by atoms with van der Waals surface area (Å²) in [7, 11) is -3.81. The smallest absolute Gasteiger partial charge is 0.325 e. The number of nitrogens with two attached hydrogens (primary N) is 1. The molecule has 2 aromatic carbocycles. The molecule has 0 bridgehead atoms. The van der Waals surface area contributed by atoms with E-state index < -0.39 is 22.0 Å². The van der Waals surface area contributed by atoms with Crippen molar-refractivity contribution in [2.24, 2.45) is 10.9 Å². The predicted molar refractivity (Wildman–Crippen MR) is 101 cm³/mol.